The molecule has 0 aliphatic heterocycles. The molecule has 216 valence electrons. The summed E-state index contributed by atoms with van der Waals surface area (Å²) in [5.74, 6) is -0.378. The number of para-hydroxylation sites is 1. The quantitative estimate of drug-likeness (QED) is 0.233. The number of rotatable bonds is 11. The minimum atomic E-state index is -4.10. The summed E-state index contributed by atoms with van der Waals surface area (Å²) in [6.07, 6.45) is 8.90. The molecule has 2 aromatic carbocycles. The third kappa shape index (κ3) is 6.22. The van der Waals surface area contributed by atoms with E-state index in [0.29, 0.717) is 12.1 Å². The van der Waals surface area contributed by atoms with Gasteiger partial charge in [-0.1, -0.05) is 61.7 Å². The molecule has 0 spiro atoms. The summed E-state index contributed by atoms with van der Waals surface area (Å²) in [5, 5.41) is 4.11. The second-order valence-corrected chi connectivity index (χ2v) is 12.9. The van der Waals surface area contributed by atoms with Crippen LogP contribution in [0.4, 0.5) is 0 Å². The van der Waals surface area contributed by atoms with Crippen molar-refractivity contribution < 1.29 is 17.9 Å². The second kappa shape index (κ2) is 12.1. The number of H-pyrrole nitrogens is 1. The Morgan fingerprint density at radius 3 is 2.49 bits per heavy atom. The number of benzene rings is 2. The van der Waals surface area contributed by atoms with Crippen LogP contribution in [0.3, 0.4) is 0 Å². The monoisotopic (exact) mass is 574 g/mol. The van der Waals surface area contributed by atoms with E-state index in [2.05, 4.69) is 20.0 Å². The maximum absolute atomic E-state index is 14.2. The van der Waals surface area contributed by atoms with E-state index in [1.54, 1.807) is 37.4 Å². The minimum absolute atomic E-state index is 0.0945. The molecule has 8 nitrogen and oxygen atoms in total. The van der Waals surface area contributed by atoms with Crippen LogP contribution < -0.4 is 10.0 Å². The zero-order chi connectivity index (χ0) is 28.9. The van der Waals surface area contributed by atoms with Crippen molar-refractivity contribution in [2.75, 3.05) is 13.7 Å². The van der Waals surface area contributed by atoms with Crippen LogP contribution in [0.1, 0.15) is 55.8 Å². The lowest BCUT2D eigenvalue weighted by atomic mass is 9.71. The maximum Gasteiger partial charge on any atom is 0.241 e. The summed E-state index contributed by atoms with van der Waals surface area (Å²) in [6.45, 7) is 2.18. The van der Waals surface area contributed by atoms with Gasteiger partial charge in [0.15, 0.2) is 0 Å². The lowest BCUT2D eigenvalue weighted by molar-refractivity contribution is -0.126. The van der Waals surface area contributed by atoms with Gasteiger partial charge in [0.2, 0.25) is 15.9 Å². The molecule has 1 amide bonds. The Hall–Kier alpha value is -3.53. The molecule has 41 heavy (non-hydrogen) atoms. The number of carbonyl (C=O) groups excluding carboxylic acids is 1. The Labute approximate surface area is 242 Å². The predicted octanol–water partition coefficient (Wildman–Crippen LogP) is 5.01. The van der Waals surface area contributed by atoms with Gasteiger partial charge < -0.3 is 15.0 Å². The van der Waals surface area contributed by atoms with E-state index in [1.165, 1.54) is 7.11 Å². The first kappa shape index (κ1) is 29.0. The fourth-order valence-corrected chi connectivity index (χ4v) is 7.68. The Bertz CT molecular complexity index is 1600. The summed E-state index contributed by atoms with van der Waals surface area (Å²) >= 11 is 0. The van der Waals surface area contributed by atoms with E-state index in [0.717, 1.165) is 54.3 Å². The molecule has 3 N–H and O–H groups in total. The molecule has 1 saturated carbocycles. The molecule has 0 radical (unpaired) electrons. The van der Waals surface area contributed by atoms with Gasteiger partial charge in [0.1, 0.15) is 5.54 Å². The zero-order valence-corrected chi connectivity index (χ0v) is 24.5. The first-order chi connectivity index (χ1) is 19.8. The number of sulfonamides is 1. The largest absolute Gasteiger partial charge is 0.380 e. The van der Waals surface area contributed by atoms with Crippen LogP contribution in [0.2, 0.25) is 0 Å². The van der Waals surface area contributed by atoms with Crippen LogP contribution >= 0.6 is 0 Å². The highest BCUT2D eigenvalue weighted by molar-refractivity contribution is 7.89. The molecule has 5 rings (SSSR count). The number of ether oxygens (including phenoxy) is 1. The first-order valence-electron chi connectivity index (χ1n) is 14.1. The number of aromatic amines is 1. The third-order valence-corrected chi connectivity index (χ3v) is 9.94. The van der Waals surface area contributed by atoms with Gasteiger partial charge in [-0.2, -0.15) is 4.72 Å². The lowest BCUT2D eigenvalue weighted by Crippen LogP contribution is -2.59. The van der Waals surface area contributed by atoms with Crippen LogP contribution in [0, 0.1) is 0 Å². The maximum atomic E-state index is 14.2. The number of amides is 1. The number of hydrogen-bond donors (Lipinski definition) is 3. The number of hydrogen-bond acceptors (Lipinski definition) is 5. The van der Waals surface area contributed by atoms with E-state index in [1.807, 2.05) is 48.7 Å². The molecular weight excluding hydrogens is 536 g/mol. The highest BCUT2D eigenvalue weighted by atomic mass is 32.2. The smallest absolute Gasteiger partial charge is 0.241 e. The Kier molecular flexibility index (Phi) is 8.58. The van der Waals surface area contributed by atoms with Crippen molar-refractivity contribution in [1.29, 1.82) is 0 Å². The van der Waals surface area contributed by atoms with Crippen LogP contribution in [-0.4, -0.2) is 43.5 Å². The van der Waals surface area contributed by atoms with Gasteiger partial charge in [-0.05, 0) is 55.2 Å². The van der Waals surface area contributed by atoms with Crippen molar-refractivity contribution >= 4 is 26.8 Å². The Morgan fingerprint density at radius 2 is 1.73 bits per heavy atom. The molecule has 1 atom stereocenters. The molecular formula is C32H38N4O4S. The first-order valence-corrected chi connectivity index (χ1v) is 15.6. The number of methoxy groups -OCH3 is 1. The number of fused-ring (bicyclic) bond motifs is 1. The van der Waals surface area contributed by atoms with Crippen LogP contribution in [0.25, 0.3) is 10.9 Å². The molecule has 4 aromatic rings. The van der Waals surface area contributed by atoms with E-state index in [-0.39, 0.29) is 29.2 Å². The molecule has 2 aromatic heterocycles. The van der Waals surface area contributed by atoms with Crippen molar-refractivity contribution in [3.8, 4) is 0 Å². The van der Waals surface area contributed by atoms with Crippen molar-refractivity contribution in [1.82, 2.24) is 20.0 Å². The number of nitrogens with one attached hydrogen (secondary N) is 3. The van der Waals surface area contributed by atoms with Gasteiger partial charge >= 0.3 is 0 Å². The van der Waals surface area contributed by atoms with Crippen molar-refractivity contribution in [2.24, 2.45) is 0 Å². The van der Waals surface area contributed by atoms with Gasteiger partial charge in [0.05, 0.1) is 11.5 Å². The van der Waals surface area contributed by atoms with Gasteiger partial charge in [-0.3, -0.25) is 9.78 Å². The SMILES string of the molecule is COCc1ccccc1S(=O)(=O)N[C@@](C)(Cc1c[nH]c2ccccc12)C(=O)NCC1(c2ccccn2)CCCCC1. The highest BCUT2D eigenvalue weighted by Gasteiger charge is 2.42. The van der Waals surface area contributed by atoms with E-state index >= 15 is 0 Å². The summed E-state index contributed by atoms with van der Waals surface area (Å²) in [4.78, 5) is 22.2. The van der Waals surface area contributed by atoms with Crippen molar-refractivity contribution in [2.45, 2.75) is 67.9 Å². The summed E-state index contributed by atoms with van der Waals surface area (Å²) in [6, 6.07) is 20.4. The van der Waals surface area contributed by atoms with E-state index < -0.39 is 15.6 Å². The fourth-order valence-electron chi connectivity index (χ4n) is 6.09. The minimum Gasteiger partial charge on any atom is -0.380 e. The Balaban J connectivity index is 1.48. The number of aromatic nitrogens is 2. The lowest BCUT2D eigenvalue weighted by Gasteiger charge is -2.38. The molecule has 1 fully saturated rings. The fraction of sp³-hybridized carbons (Fsp3) is 0.375. The topological polar surface area (TPSA) is 113 Å². The average molecular weight is 575 g/mol. The van der Waals surface area contributed by atoms with E-state index in [9.17, 15) is 13.2 Å². The number of carbonyl (C=O) groups is 1. The summed E-state index contributed by atoms with van der Waals surface area (Å²) in [5.41, 5.74) is 1.49. The van der Waals surface area contributed by atoms with Gasteiger partial charge in [0.25, 0.3) is 0 Å². The molecule has 0 saturated heterocycles. The van der Waals surface area contributed by atoms with Crippen LogP contribution in [-0.2, 0) is 38.0 Å². The molecule has 1 aliphatic rings. The van der Waals surface area contributed by atoms with Crippen molar-refractivity contribution in [3.05, 3.63) is 95.9 Å². The highest BCUT2D eigenvalue weighted by Crippen LogP contribution is 2.38. The van der Waals surface area contributed by atoms with Crippen LogP contribution in [0.15, 0.2) is 84.0 Å². The van der Waals surface area contributed by atoms with Crippen LogP contribution in [0.5, 0.6) is 0 Å². The van der Waals surface area contributed by atoms with Crippen molar-refractivity contribution in [3.63, 3.8) is 0 Å². The normalized spacial score (nSPS) is 16.7. The number of pyridine rings is 1. The second-order valence-electron chi connectivity index (χ2n) is 11.3. The van der Waals surface area contributed by atoms with Gasteiger partial charge in [0, 0.05) is 54.5 Å². The standard InChI is InChI=1S/C32H38N4O4S/c1-31(20-25-21-34-27-14-6-5-13-26(25)27,36-41(38,39)28-15-7-4-12-24(28)22-40-2)30(37)35-23-32(17-9-3-10-18-32)29-16-8-11-19-33-29/h4-8,11-16,19,21,34,36H,3,9-10,17-18,20,22-23H2,1-2H3,(H,35,37)/t31-/m0/s1. The zero-order valence-electron chi connectivity index (χ0n) is 23.7. The van der Waals surface area contributed by atoms with E-state index in [4.69, 9.17) is 4.74 Å². The summed E-state index contributed by atoms with van der Waals surface area (Å²) < 4.78 is 35.8. The van der Waals surface area contributed by atoms with Gasteiger partial charge in [-0.25, -0.2) is 8.42 Å². The molecule has 0 bridgehead atoms. The average Bonchev–Trinajstić information content (AvgIpc) is 3.39. The van der Waals surface area contributed by atoms with Gasteiger partial charge in [-0.15, -0.1) is 0 Å². The predicted molar refractivity (Wildman–Crippen MR) is 160 cm³/mol. The molecule has 0 unspecified atom stereocenters. The third-order valence-electron chi connectivity index (χ3n) is 8.25. The number of nitrogens with zero attached hydrogens (tertiary/aromatic N) is 1. The molecule has 1 aliphatic carbocycles. The molecule has 2 heterocycles. The summed E-state index contributed by atoms with van der Waals surface area (Å²) in [7, 11) is -2.57. The molecule has 9 heteroatoms. The Morgan fingerprint density at radius 1 is 1.00 bits per heavy atom.